The van der Waals surface area contributed by atoms with Crippen LogP contribution in [0.5, 0.6) is 0 Å². The van der Waals surface area contributed by atoms with Crippen molar-refractivity contribution in [2.75, 3.05) is 37.7 Å². The van der Waals surface area contributed by atoms with Crippen LogP contribution in [0.25, 0.3) is 10.2 Å². The van der Waals surface area contributed by atoms with Gasteiger partial charge < -0.3 is 14.4 Å². The van der Waals surface area contributed by atoms with E-state index < -0.39 is 0 Å². The Bertz CT molecular complexity index is 899. The summed E-state index contributed by atoms with van der Waals surface area (Å²) >= 11 is 1.43. The Hall–Kier alpha value is -1.77. The first kappa shape index (κ1) is 21.5. The van der Waals surface area contributed by atoms with Crippen molar-refractivity contribution in [2.45, 2.75) is 65.7 Å². The van der Waals surface area contributed by atoms with Crippen molar-refractivity contribution in [1.82, 2.24) is 14.9 Å². The summed E-state index contributed by atoms with van der Waals surface area (Å²) in [7, 11) is 0. The van der Waals surface area contributed by atoms with Crippen LogP contribution in [0, 0.1) is 6.92 Å². The molecule has 2 fully saturated rings. The summed E-state index contributed by atoms with van der Waals surface area (Å²) in [6.45, 7) is 12.9. The predicted molar refractivity (Wildman–Crippen MR) is 119 cm³/mol. The van der Waals surface area contributed by atoms with Crippen molar-refractivity contribution in [3.8, 4) is 0 Å². The van der Waals surface area contributed by atoms with Crippen molar-refractivity contribution in [1.29, 1.82) is 0 Å². The van der Waals surface area contributed by atoms with Crippen molar-refractivity contribution in [2.24, 2.45) is 0 Å². The molecule has 0 saturated carbocycles. The quantitative estimate of drug-likeness (QED) is 0.666. The highest BCUT2D eigenvalue weighted by Gasteiger charge is 2.29. The molecule has 0 aliphatic carbocycles. The number of carbonyl (C=O) groups excluding carboxylic acids is 1. The van der Waals surface area contributed by atoms with E-state index in [1.54, 1.807) is 0 Å². The highest BCUT2D eigenvalue weighted by Crippen LogP contribution is 2.37. The maximum absolute atomic E-state index is 12.5. The molecule has 0 bridgehead atoms. The number of piperidine rings is 1. The lowest BCUT2D eigenvalue weighted by atomic mass is 10.1. The Labute approximate surface area is 182 Å². The Balaban J connectivity index is 1.77. The number of rotatable bonds is 5. The lowest BCUT2D eigenvalue weighted by Gasteiger charge is -2.36. The number of hydrogen-bond acceptors (Lipinski definition) is 8. The minimum atomic E-state index is -0.273. The number of ether oxygens (including phenoxy) is 2. The van der Waals surface area contributed by atoms with E-state index in [0.29, 0.717) is 11.5 Å². The zero-order valence-electron chi connectivity index (χ0n) is 18.4. The second-order valence-electron chi connectivity index (χ2n) is 8.42. The van der Waals surface area contributed by atoms with Crippen molar-refractivity contribution in [3.05, 3.63) is 16.3 Å². The molecule has 0 aromatic carbocycles. The van der Waals surface area contributed by atoms with E-state index in [-0.39, 0.29) is 18.2 Å². The number of morpholine rings is 1. The molecule has 7 nitrogen and oxygen atoms in total. The molecular formula is C22H32N4O3S. The van der Waals surface area contributed by atoms with Gasteiger partial charge in [0.25, 0.3) is 0 Å². The molecule has 2 atom stereocenters. The summed E-state index contributed by atoms with van der Waals surface area (Å²) in [5.74, 6) is 1.49. The maximum Gasteiger partial charge on any atom is 0.348 e. The normalized spacial score (nSPS) is 23.1. The van der Waals surface area contributed by atoms with Crippen molar-refractivity contribution in [3.63, 3.8) is 0 Å². The molecule has 4 rings (SSSR count). The molecule has 0 N–H and O–H groups in total. The second-order valence-corrected chi connectivity index (χ2v) is 9.42. The number of fused-ring (bicyclic) bond motifs is 1. The van der Waals surface area contributed by atoms with Gasteiger partial charge in [-0.1, -0.05) is 6.42 Å². The van der Waals surface area contributed by atoms with Gasteiger partial charge in [0.1, 0.15) is 21.3 Å². The average molecular weight is 433 g/mol. The van der Waals surface area contributed by atoms with Gasteiger partial charge >= 0.3 is 5.97 Å². The molecule has 2 saturated heterocycles. The lowest BCUT2D eigenvalue weighted by Crippen LogP contribution is -2.46. The van der Waals surface area contributed by atoms with E-state index in [1.807, 2.05) is 13.8 Å². The number of esters is 1. The van der Waals surface area contributed by atoms with Crippen molar-refractivity contribution >= 4 is 33.3 Å². The second kappa shape index (κ2) is 9.16. The summed E-state index contributed by atoms with van der Waals surface area (Å²) in [5.41, 5.74) is 0.916. The summed E-state index contributed by atoms with van der Waals surface area (Å²) in [6.07, 6.45) is 4.04. The first-order valence-electron chi connectivity index (χ1n) is 11.1. The van der Waals surface area contributed by atoms with E-state index in [9.17, 15) is 4.79 Å². The van der Waals surface area contributed by atoms with E-state index in [2.05, 4.69) is 23.6 Å². The minimum absolute atomic E-state index is 0.132. The van der Waals surface area contributed by atoms with Crippen LogP contribution < -0.4 is 4.90 Å². The Kier molecular flexibility index (Phi) is 6.55. The first-order valence-corrected chi connectivity index (χ1v) is 11.9. The SMILES string of the molecule is CCOC(=O)c1sc2nc(CN3CCCCC3)nc(N3C[C@@H](C)O[C@H](C)C3)c2c1C. The fraction of sp³-hybridized carbons (Fsp3) is 0.682. The Morgan fingerprint density at radius 2 is 1.87 bits per heavy atom. The summed E-state index contributed by atoms with van der Waals surface area (Å²) in [6, 6.07) is 0. The lowest BCUT2D eigenvalue weighted by molar-refractivity contribution is -0.00540. The van der Waals surface area contributed by atoms with Gasteiger partial charge in [-0.05, 0) is 59.2 Å². The standard InChI is InChI=1S/C22H32N4O3S/c1-5-28-22(27)19-16(4)18-20(26-11-14(2)29-15(3)12-26)23-17(24-21(18)30-19)13-25-9-7-6-8-10-25/h14-15H,5-13H2,1-4H3/t14-,15-/m1/s1. The molecule has 2 aromatic heterocycles. The van der Waals surface area contributed by atoms with Gasteiger partial charge in [-0.2, -0.15) is 0 Å². The zero-order valence-corrected chi connectivity index (χ0v) is 19.3. The van der Waals surface area contributed by atoms with E-state index in [1.165, 1.54) is 30.6 Å². The fourth-order valence-electron chi connectivity index (χ4n) is 4.52. The number of anilines is 1. The van der Waals surface area contributed by atoms with Crippen molar-refractivity contribution < 1.29 is 14.3 Å². The highest BCUT2D eigenvalue weighted by atomic mass is 32.1. The highest BCUT2D eigenvalue weighted by molar-refractivity contribution is 7.20. The number of aryl methyl sites for hydroxylation is 1. The molecule has 0 spiro atoms. The molecule has 2 aromatic rings. The smallest absolute Gasteiger partial charge is 0.348 e. The summed E-state index contributed by atoms with van der Waals surface area (Å²) in [5, 5.41) is 0.978. The van der Waals surface area contributed by atoms with Gasteiger partial charge in [0.2, 0.25) is 0 Å². The topological polar surface area (TPSA) is 67.8 Å². The van der Waals surface area contributed by atoms with Gasteiger partial charge in [0.05, 0.1) is 30.7 Å². The zero-order chi connectivity index (χ0) is 21.3. The van der Waals surface area contributed by atoms with Gasteiger partial charge in [0, 0.05) is 13.1 Å². The van der Waals surface area contributed by atoms with Crippen LogP contribution in [0.2, 0.25) is 0 Å². The molecule has 0 amide bonds. The summed E-state index contributed by atoms with van der Waals surface area (Å²) < 4.78 is 11.2. The minimum Gasteiger partial charge on any atom is -0.462 e. The number of thiophene rings is 1. The van der Waals surface area contributed by atoms with Crippen LogP contribution in [0.4, 0.5) is 5.82 Å². The van der Waals surface area contributed by atoms with Gasteiger partial charge in [-0.15, -0.1) is 11.3 Å². The van der Waals surface area contributed by atoms with Crippen LogP contribution in [0.15, 0.2) is 0 Å². The fourth-order valence-corrected chi connectivity index (χ4v) is 5.61. The molecule has 2 aliphatic heterocycles. The Morgan fingerprint density at radius 3 is 2.53 bits per heavy atom. The Morgan fingerprint density at radius 1 is 1.17 bits per heavy atom. The third-order valence-corrected chi connectivity index (χ3v) is 6.98. The molecule has 2 aliphatic rings. The largest absolute Gasteiger partial charge is 0.462 e. The molecule has 4 heterocycles. The number of nitrogens with zero attached hydrogens (tertiary/aromatic N) is 4. The number of likely N-dealkylation sites (tertiary alicyclic amines) is 1. The van der Waals surface area contributed by atoms with Crippen LogP contribution in [-0.2, 0) is 16.0 Å². The third kappa shape index (κ3) is 4.45. The van der Waals surface area contributed by atoms with Crippen LogP contribution >= 0.6 is 11.3 Å². The number of aromatic nitrogens is 2. The first-order chi connectivity index (χ1) is 14.5. The van der Waals surface area contributed by atoms with E-state index in [4.69, 9.17) is 19.4 Å². The molecule has 0 unspecified atom stereocenters. The van der Waals surface area contributed by atoms with Gasteiger partial charge in [-0.25, -0.2) is 14.8 Å². The average Bonchev–Trinajstić information content (AvgIpc) is 3.04. The predicted octanol–water partition coefficient (Wildman–Crippen LogP) is 3.78. The maximum atomic E-state index is 12.5. The van der Waals surface area contributed by atoms with Crippen LogP contribution in [0.1, 0.15) is 61.1 Å². The monoisotopic (exact) mass is 432 g/mol. The summed E-state index contributed by atoms with van der Waals surface area (Å²) in [4.78, 5) is 28.7. The number of hydrogen-bond donors (Lipinski definition) is 0. The molecule has 0 radical (unpaired) electrons. The van der Waals surface area contributed by atoms with Gasteiger partial charge in [-0.3, -0.25) is 4.90 Å². The molecule has 30 heavy (non-hydrogen) atoms. The number of carbonyl (C=O) groups is 1. The molecule has 8 heteroatoms. The molecule has 164 valence electrons. The van der Waals surface area contributed by atoms with E-state index >= 15 is 0 Å². The molecular weight excluding hydrogens is 400 g/mol. The third-order valence-electron chi connectivity index (χ3n) is 5.81. The van der Waals surface area contributed by atoms with E-state index in [0.717, 1.165) is 60.1 Å². The van der Waals surface area contributed by atoms with Gasteiger partial charge in [0.15, 0.2) is 0 Å². The van der Waals surface area contributed by atoms with Crippen LogP contribution in [0.3, 0.4) is 0 Å². The van der Waals surface area contributed by atoms with Crippen LogP contribution in [-0.4, -0.2) is 65.8 Å².